The molecule has 1 amide bonds. The van der Waals surface area contributed by atoms with Crippen LogP contribution in [0, 0.1) is 0 Å². The molecule has 0 heterocycles. The average molecular weight is 300 g/mol. The van der Waals surface area contributed by atoms with Crippen molar-refractivity contribution >= 4 is 23.2 Å². The summed E-state index contributed by atoms with van der Waals surface area (Å²) in [4.78, 5) is 19.3. The van der Waals surface area contributed by atoms with E-state index in [1.807, 2.05) is 0 Å². The molecule has 5 nitrogen and oxygen atoms in total. The first-order valence-corrected chi connectivity index (χ1v) is 7.08. The number of anilines is 1. The fourth-order valence-electron chi connectivity index (χ4n) is 1.92. The van der Waals surface area contributed by atoms with E-state index in [1.165, 1.54) is 6.07 Å². The van der Waals surface area contributed by atoms with Crippen molar-refractivity contribution in [2.24, 2.45) is 0 Å². The van der Waals surface area contributed by atoms with Gasteiger partial charge in [0.2, 0.25) is 0 Å². The van der Waals surface area contributed by atoms with Crippen LogP contribution in [0.1, 0.15) is 31.1 Å². The molecule has 0 spiro atoms. The Morgan fingerprint density at radius 2 is 2.10 bits per heavy atom. The first kappa shape index (κ1) is 16.8. The van der Waals surface area contributed by atoms with Crippen molar-refractivity contribution in [2.75, 3.05) is 25.4 Å². The molecule has 0 aromatic heterocycles. The molecule has 112 valence electrons. The van der Waals surface area contributed by atoms with Crippen LogP contribution in [0.5, 0.6) is 0 Å². The second-order valence-corrected chi connectivity index (χ2v) is 4.96. The molecule has 0 saturated carbocycles. The number of nitrogens with zero attached hydrogens (tertiary/aromatic N) is 1. The smallest absolute Gasteiger partial charge is 0.274 e. The second-order valence-electron chi connectivity index (χ2n) is 4.55. The van der Waals surface area contributed by atoms with Crippen LogP contribution in [0.4, 0.5) is 5.69 Å². The van der Waals surface area contributed by atoms with Crippen LogP contribution in [0.2, 0.25) is 5.02 Å². The Morgan fingerprint density at radius 1 is 1.45 bits per heavy atom. The number of nitrogens with one attached hydrogen (secondary N) is 1. The highest BCUT2D eigenvalue weighted by atomic mass is 35.5. The van der Waals surface area contributed by atoms with Gasteiger partial charge in [0.05, 0.1) is 17.3 Å². The van der Waals surface area contributed by atoms with E-state index in [9.17, 15) is 4.79 Å². The zero-order valence-electron chi connectivity index (χ0n) is 12.1. The van der Waals surface area contributed by atoms with Crippen LogP contribution >= 0.6 is 11.6 Å². The summed E-state index contributed by atoms with van der Waals surface area (Å²) in [5.74, 6) is -0.333. The normalized spacial score (nSPS) is 12.4. The van der Waals surface area contributed by atoms with Gasteiger partial charge in [-0.25, -0.2) is 5.48 Å². The van der Waals surface area contributed by atoms with Crippen LogP contribution in [-0.2, 0) is 4.84 Å². The molecule has 1 rings (SSSR count). The van der Waals surface area contributed by atoms with Gasteiger partial charge in [-0.3, -0.25) is 14.5 Å². The lowest BCUT2D eigenvalue weighted by Crippen LogP contribution is -2.38. The number of nitrogen functional groups attached to an aromatic ring is 1. The van der Waals surface area contributed by atoms with E-state index in [2.05, 4.69) is 31.2 Å². The molecule has 0 aliphatic rings. The highest BCUT2D eigenvalue weighted by Gasteiger charge is 2.12. The van der Waals surface area contributed by atoms with E-state index in [0.717, 1.165) is 13.1 Å². The SMILES string of the molecule is CCN(CC)C(C)CONC(=O)c1ccc(Cl)c(N)c1. The number of carbonyl (C=O) groups excluding carboxylic acids is 1. The number of halogens is 1. The van der Waals surface area contributed by atoms with Gasteiger partial charge in [-0.15, -0.1) is 0 Å². The Hall–Kier alpha value is -1.30. The Balaban J connectivity index is 2.45. The van der Waals surface area contributed by atoms with E-state index >= 15 is 0 Å². The van der Waals surface area contributed by atoms with Gasteiger partial charge in [0, 0.05) is 11.6 Å². The number of hydrogen-bond donors (Lipinski definition) is 2. The van der Waals surface area contributed by atoms with E-state index in [-0.39, 0.29) is 11.9 Å². The van der Waals surface area contributed by atoms with Gasteiger partial charge in [0.15, 0.2) is 0 Å². The maximum atomic E-state index is 11.9. The lowest BCUT2D eigenvalue weighted by Gasteiger charge is -2.25. The quantitative estimate of drug-likeness (QED) is 0.599. The van der Waals surface area contributed by atoms with Crippen LogP contribution in [0.15, 0.2) is 18.2 Å². The van der Waals surface area contributed by atoms with E-state index < -0.39 is 0 Å². The monoisotopic (exact) mass is 299 g/mol. The Kier molecular flexibility index (Phi) is 6.78. The molecule has 0 bridgehead atoms. The minimum atomic E-state index is -0.333. The van der Waals surface area contributed by atoms with Crippen molar-refractivity contribution in [3.63, 3.8) is 0 Å². The van der Waals surface area contributed by atoms with Gasteiger partial charge in [0.25, 0.3) is 5.91 Å². The maximum Gasteiger partial charge on any atom is 0.274 e. The highest BCUT2D eigenvalue weighted by molar-refractivity contribution is 6.33. The number of carbonyl (C=O) groups is 1. The number of hydrogen-bond acceptors (Lipinski definition) is 4. The van der Waals surface area contributed by atoms with Crippen LogP contribution in [0.25, 0.3) is 0 Å². The summed E-state index contributed by atoms with van der Waals surface area (Å²) in [6.07, 6.45) is 0. The van der Waals surface area contributed by atoms with Crippen molar-refractivity contribution < 1.29 is 9.63 Å². The topological polar surface area (TPSA) is 67.6 Å². The summed E-state index contributed by atoms with van der Waals surface area (Å²) < 4.78 is 0. The number of amides is 1. The molecule has 6 heteroatoms. The molecule has 0 aliphatic heterocycles. The lowest BCUT2D eigenvalue weighted by molar-refractivity contribution is 0.00672. The molecule has 0 radical (unpaired) electrons. The van der Waals surface area contributed by atoms with Crippen molar-refractivity contribution in [3.05, 3.63) is 28.8 Å². The number of hydroxylamine groups is 1. The molecule has 1 unspecified atom stereocenters. The third-order valence-electron chi connectivity index (χ3n) is 3.18. The lowest BCUT2D eigenvalue weighted by atomic mass is 10.2. The molecule has 1 atom stereocenters. The molecule has 3 N–H and O–H groups in total. The first-order chi connectivity index (χ1) is 9.49. The summed E-state index contributed by atoms with van der Waals surface area (Å²) in [7, 11) is 0. The van der Waals surface area contributed by atoms with Gasteiger partial charge in [-0.2, -0.15) is 0 Å². The van der Waals surface area contributed by atoms with Gasteiger partial charge in [0.1, 0.15) is 0 Å². The molecule has 20 heavy (non-hydrogen) atoms. The number of benzene rings is 1. The summed E-state index contributed by atoms with van der Waals surface area (Å²) in [5, 5.41) is 0.428. The van der Waals surface area contributed by atoms with Crippen molar-refractivity contribution in [1.29, 1.82) is 0 Å². The Labute approximate surface area is 125 Å². The molecule has 1 aromatic rings. The van der Waals surface area contributed by atoms with Crippen molar-refractivity contribution in [1.82, 2.24) is 10.4 Å². The summed E-state index contributed by atoms with van der Waals surface area (Å²) in [5.41, 5.74) is 8.86. The summed E-state index contributed by atoms with van der Waals surface area (Å²) in [6.45, 7) is 8.56. The molecular weight excluding hydrogens is 278 g/mol. The Bertz CT molecular complexity index is 450. The van der Waals surface area contributed by atoms with Gasteiger partial charge in [-0.05, 0) is 38.2 Å². The molecule has 0 aliphatic carbocycles. The second kappa shape index (κ2) is 8.09. The number of likely N-dealkylation sites (N-methyl/N-ethyl adjacent to an activating group) is 1. The van der Waals surface area contributed by atoms with Gasteiger partial charge >= 0.3 is 0 Å². The zero-order valence-corrected chi connectivity index (χ0v) is 12.9. The van der Waals surface area contributed by atoms with Crippen LogP contribution < -0.4 is 11.2 Å². The third-order valence-corrected chi connectivity index (χ3v) is 3.53. The summed E-state index contributed by atoms with van der Waals surface area (Å²) in [6, 6.07) is 4.95. The minimum absolute atomic E-state index is 0.237. The van der Waals surface area contributed by atoms with Gasteiger partial charge in [-0.1, -0.05) is 25.4 Å². The minimum Gasteiger partial charge on any atom is -0.398 e. The van der Waals surface area contributed by atoms with E-state index in [0.29, 0.717) is 22.9 Å². The number of nitrogens with two attached hydrogens (primary N) is 1. The summed E-state index contributed by atoms with van der Waals surface area (Å²) >= 11 is 5.80. The molecular formula is C14H22ClN3O2. The fourth-order valence-corrected chi connectivity index (χ4v) is 2.04. The van der Waals surface area contributed by atoms with Crippen LogP contribution in [0.3, 0.4) is 0 Å². The van der Waals surface area contributed by atoms with Crippen molar-refractivity contribution in [3.8, 4) is 0 Å². The highest BCUT2D eigenvalue weighted by Crippen LogP contribution is 2.19. The maximum absolute atomic E-state index is 11.9. The number of rotatable bonds is 7. The third kappa shape index (κ3) is 4.67. The average Bonchev–Trinajstić information content (AvgIpc) is 2.43. The zero-order chi connectivity index (χ0) is 15.1. The molecule has 1 aromatic carbocycles. The Morgan fingerprint density at radius 3 is 2.65 bits per heavy atom. The van der Waals surface area contributed by atoms with Crippen molar-refractivity contribution in [2.45, 2.75) is 26.8 Å². The predicted octanol–water partition coefficient (Wildman–Crippen LogP) is 2.31. The van der Waals surface area contributed by atoms with Gasteiger partial charge < -0.3 is 5.73 Å². The molecule has 0 saturated heterocycles. The standard InChI is InChI=1S/C14H22ClN3O2/c1-4-18(5-2)10(3)9-20-17-14(19)11-6-7-12(15)13(16)8-11/h6-8,10H,4-5,9,16H2,1-3H3,(H,17,19). The van der Waals surface area contributed by atoms with E-state index in [1.54, 1.807) is 12.1 Å². The molecule has 0 fully saturated rings. The van der Waals surface area contributed by atoms with E-state index in [4.69, 9.17) is 22.2 Å². The first-order valence-electron chi connectivity index (χ1n) is 6.70. The fraction of sp³-hybridized carbons (Fsp3) is 0.500. The largest absolute Gasteiger partial charge is 0.398 e. The van der Waals surface area contributed by atoms with Crippen LogP contribution in [-0.4, -0.2) is 36.5 Å². The predicted molar refractivity (Wildman–Crippen MR) is 81.7 cm³/mol.